The van der Waals surface area contributed by atoms with E-state index in [2.05, 4.69) is 6.92 Å². The summed E-state index contributed by atoms with van der Waals surface area (Å²) in [6, 6.07) is 15.5. The van der Waals surface area contributed by atoms with Gasteiger partial charge in [0.2, 0.25) is 0 Å². The van der Waals surface area contributed by atoms with Crippen LogP contribution in [0.25, 0.3) is 22.3 Å². The lowest BCUT2D eigenvalue weighted by atomic mass is 9.90. The van der Waals surface area contributed by atoms with Crippen LogP contribution in [0.3, 0.4) is 0 Å². The largest absolute Gasteiger partial charge is 0.373 e. The highest BCUT2D eigenvalue weighted by Gasteiger charge is 2.23. The Hall–Kier alpha value is -2.59. The minimum atomic E-state index is -0.834. The molecule has 0 amide bonds. The molecule has 1 heterocycles. The Balaban J connectivity index is 1.45. The molecule has 2 atom stereocenters. The van der Waals surface area contributed by atoms with E-state index >= 15 is 4.39 Å². The number of halogens is 3. The molecule has 0 radical (unpaired) electrons. The standard InChI is InChI=1S/C31H35F3O/c1-3-5-6-8-21-9-18-29(35-20-21)25-15-16-26(28(32)19-25)22-10-12-23(13-11-22)27-17-14-24(7-4-2)30(33)31(27)34/h10-17,19,21,29H,3-9,18,20H2,1-2H3. The number of aryl methyl sites for hydroxylation is 1. The van der Waals surface area contributed by atoms with Crippen molar-refractivity contribution < 1.29 is 17.9 Å². The molecule has 1 aliphatic rings. The number of rotatable bonds is 9. The van der Waals surface area contributed by atoms with E-state index in [0.717, 1.165) is 31.4 Å². The maximum atomic E-state index is 15.1. The van der Waals surface area contributed by atoms with Gasteiger partial charge in [0.05, 0.1) is 12.7 Å². The van der Waals surface area contributed by atoms with E-state index in [1.807, 2.05) is 13.0 Å². The normalized spacial score (nSPS) is 18.1. The Kier molecular flexibility index (Phi) is 8.67. The van der Waals surface area contributed by atoms with Crippen molar-refractivity contribution in [2.24, 2.45) is 5.92 Å². The smallest absolute Gasteiger partial charge is 0.166 e. The number of benzene rings is 3. The molecule has 0 aliphatic carbocycles. The monoisotopic (exact) mass is 480 g/mol. The van der Waals surface area contributed by atoms with Crippen molar-refractivity contribution in [3.05, 3.63) is 83.2 Å². The maximum absolute atomic E-state index is 15.1. The first kappa shape index (κ1) is 25.5. The van der Waals surface area contributed by atoms with E-state index in [1.165, 1.54) is 25.7 Å². The van der Waals surface area contributed by atoms with Crippen molar-refractivity contribution in [1.82, 2.24) is 0 Å². The Morgan fingerprint density at radius 1 is 0.771 bits per heavy atom. The summed E-state index contributed by atoms with van der Waals surface area (Å²) in [5, 5.41) is 0. The summed E-state index contributed by atoms with van der Waals surface area (Å²) < 4.78 is 50.2. The van der Waals surface area contributed by atoms with Crippen LogP contribution >= 0.6 is 0 Å². The molecule has 2 unspecified atom stereocenters. The fraction of sp³-hybridized carbons (Fsp3) is 0.419. The summed E-state index contributed by atoms with van der Waals surface area (Å²) in [7, 11) is 0. The van der Waals surface area contributed by atoms with Crippen LogP contribution in [-0.2, 0) is 11.2 Å². The summed E-state index contributed by atoms with van der Waals surface area (Å²) >= 11 is 0. The van der Waals surface area contributed by atoms with Crippen LogP contribution in [0.2, 0.25) is 0 Å². The summed E-state index contributed by atoms with van der Waals surface area (Å²) in [6.07, 6.45) is 8.20. The van der Waals surface area contributed by atoms with Gasteiger partial charge in [-0.1, -0.05) is 88.1 Å². The second kappa shape index (κ2) is 11.9. The van der Waals surface area contributed by atoms with Gasteiger partial charge in [-0.3, -0.25) is 0 Å². The van der Waals surface area contributed by atoms with Gasteiger partial charge in [0.25, 0.3) is 0 Å². The summed E-state index contributed by atoms with van der Waals surface area (Å²) in [6.45, 7) is 4.89. The molecule has 4 rings (SSSR count). The Bertz CT molecular complexity index is 1110. The predicted molar refractivity (Wildman–Crippen MR) is 137 cm³/mol. The molecule has 1 aliphatic heterocycles. The molecule has 0 spiro atoms. The van der Waals surface area contributed by atoms with Gasteiger partial charge < -0.3 is 4.74 Å². The lowest BCUT2D eigenvalue weighted by molar-refractivity contribution is -0.0200. The fourth-order valence-corrected chi connectivity index (χ4v) is 5.05. The molecule has 0 saturated carbocycles. The van der Waals surface area contributed by atoms with Crippen molar-refractivity contribution in [2.75, 3.05) is 6.61 Å². The quantitative estimate of drug-likeness (QED) is 0.277. The minimum Gasteiger partial charge on any atom is -0.373 e. The van der Waals surface area contributed by atoms with Gasteiger partial charge in [-0.15, -0.1) is 0 Å². The van der Waals surface area contributed by atoms with E-state index in [-0.39, 0.29) is 17.5 Å². The van der Waals surface area contributed by atoms with Crippen LogP contribution in [0.15, 0.2) is 54.6 Å². The van der Waals surface area contributed by atoms with Crippen LogP contribution in [-0.4, -0.2) is 6.61 Å². The van der Waals surface area contributed by atoms with Gasteiger partial charge in [-0.05, 0) is 59.9 Å². The second-order valence-corrected chi connectivity index (χ2v) is 9.73. The summed E-state index contributed by atoms with van der Waals surface area (Å²) in [4.78, 5) is 0. The van der Waals surface area contributed by atoms with Crippen LogP contribution < -0.4 is 0 Å². The number of unbranched alkanes of at least 4 members (excludes halogenated alkanes) is 2. The third kappa shape index (κ3) is 5.98. The zero-order chi connectivity index (χ0) is 24.8. The lowest BCUT2D eigenvalue weighted by Crippen LogP contribution is -2.20. The molecule has 3 aromatic carbocycles. The zero-order valence-corrected chi connectivity index (χ0v) is 20.8. The van der Waals surface area contributed by atoms with Crippen LogP contribution in [0.5, 0.6) is 0 Å². The van der Waals surface area contributed by atoms with Crippen molar-refractivity contribution in [1.29, 1.82) is 0 Å². The molecule has 4 heteroatoms. The topological polar surface area (TPSA) is 9.23 Å². The van der Waals surface area contributed by atoms with E-state index in [1.54, 1.807) is 48.5 Å². The van der Waals surface area contributed by atoms with Gasteiger partial charge in [0, 0.05) is 11.1 Å². The SMILES string of the molecule is CCCCCC1CCC(c2ccc(-c3ccc(-c4ccc(CCC)c(F)c4F)cc3)c(F)c2)OC1. The molecule has 1 nitrogen and oxygen atoms in total. The number of ether oxygens (including phenoxy) is 1. The molecule has 3 aromatic rings. The summed E-state index contributed by atoms with van der Waals surface area (Å²) in [5.41, 5.74) is 3.22. The molecule has 0 N–H and O–H groups in total. The van der Waals surface area contributed by atoms with Crippen LogP contribution in [0.4, 0.5) is 13.2 Å². The van der Waals surface area contributed by atoms with Crippen LogP contribution in [0.1, 0.15) is 76.0 Å². The Morgan fingerprint density at radius 2 is 1.49 bits per heavy atom. The Morgan fingerprint density at radius 3 is 2.11 bits per heavy atom. The van der Waals surface area contributed by atoms with Gasteiger partial charge in [0.15, 0.2) is 11.6 Å². The van der Waals surface area contributed by atoms with E-state index in [0.29, 0.717) is 34.6 Å². The van der Waals surface area contributed by atoms with Crippen molar-refractivity contribution in [3.63, 3.8) is 0 Å². The van der Waals surface area contributed by atoms with E-state index < -0.39 is 11.6 Å². The molecular weight excluding hydrogens is 445 g/mol. The molecular formula is C31H35F3O. The highest BCUT2D eigenvalue weighted by Crippen LogP contribution is 2.35. The number of hydrogen-bond acceptors (Lipinski definition) is 1. The molecule has 0 aromatic heterocycles. The fourth-order valence-electron chi connectivity index (χ4n) is 5.05. The third-order valence-corrected chi connectivity index (χ3v) is 7.14. The lowest BCUT2D eigenvalue weighted by Gasteiger charge is -2.29. The average molecular weight is 481 g/mol. The molecule has 186 valence electrons. The first-order valence-corrected chi connectivity index (χ1v) is 13.0. The highest BCUT2D eigenvalue weighted by molar-refractivity contribution is 5.71. The zero-order valence-electron chi connectivity index (χ0n) is 20.8. The van der Waals surface area contributed by atoms with Gasteiger partial charge in [-0.25, -0.2) is 13.2 Å². The summed E-state index contributed by atoms with van der Waals surface area (Å²) in [5.74, 6) is -1.31. The van der Waals surface area contributed by atoms with Crippen LogP contribution in [0, 0.1) is 23.4 Å². The highest BCUT2D eigenvalue weighted by atomic mass is 19.2. The minimum absolute atomic E-state index is 0.0584. The molecule has 35 heavy (non-hydrogen) atoms. The van der Waals surface area contributed by atoms with E-state index in [9.17, 15) is 8.78 Å². The van der Waals surface area contributed by atoms with E-state index in [4.69, 9.17) is 4.74 Å². The maximum Gasteiger partial charge on any atom is 0.166 e. The van der Waals surface area contributed by atoms with Crippen molar-refractivity contribution in [2.45, 2.75) is 71.3 Å². The van der Waals surface area contributed by atoms with Gasteiger partial charge >= 0.3 is 0 Å². The van der Waals surface area contributed by atoms with Gasteiger partial charge in [-0.2, -0.15) is 0 Å². The predicted octanol–water partition coefficient (Wildman–Crippen LogP) is 9.44. The first-order valence-electron chi connectivity index (χ1n) is 13.0. The molecule has 1 fully saturated rings. The average Bonchev–Trinajstić information content (AvgIpc) is 2.88. The first-order chi connectivity index (χ1) is 17.0. The Labute approximate surface area is 207 Å². The molecule has 0 bridgehead atoms. The van der Waals surface area contributed by atoms with Crippen molar-refractivity contribution >= 4 is 0 Å². The number of hydrogen-bond donors (Lipinski definition) is 0. The molecule has 1 saturated heterocycles. The second-order valence-electron chi connectivity index (χ2n) is 9.73. The third-order valence-electron chi connectivity index (χ3n) is 7.14. The van der Waals surface area contributed by atoms with Crippen molar-refractivity contribution in [3.8, 4) is 22.3 Å². The van der Waals surface area contributed by atoms with Gasteiger partial charge in [0.1, 0.15) is 5.82 Å².